The van der Waals surface area contributed by atoms with Gasteiger partial charge in [-0.3, -0.25) is 29.0 Å². The van der Waals surface area contributed by atoms with Crippen LogP contribution in [0.25, 0.3) is 0 Å². The van der Waals surface area contributed by atoms with E-state index < -0.39 is 23.7 Å². The van der Waals surface area contributed by atoms with Crippen LogP contribution in [0.3, 0.4) is 0 Å². The summed E-state index contributed by atoms with van der Waals surface area (Å²) in [5.74, 6) is -2.79. The third kappa shape index (κ3) is 4.80. The summed E-state index contributed by atoms with van der Waals surface area (Å²) in [6.45, 7) is 4.02. The van der Waals surface area contributed by atoms with Gasteiger partial charge in [0.05, 0.1) is 26.1 Å². The molecule has 0 bridgehead atoms. The molecule has 0 radical (unpaired) electrons. The summed E-state index contributed by atoms with van der Waals surface area (Å²) in [7, 11) is 2.95. The summed E-state index contributed by atoms with van der Waals surface area (Å²) in [5.41, 5.74) is 3.33. The van der Waals surface area contributed by atoms with Crippen molar-refractivity contribution >= 4 is 23.4 Å². The van der Waals surface area contributed by atoms with Crippen LogP contribution in [0.1, 0.15) is 49.7 Å². The first-order valence-electron chi connectivity index (χ1n) is 16.0. The average Bonchev–Trinajstić information content (AvgIpc) is 3.32. The highest BCUT2D eigenvalue weighted by Crippen LogP contribution is 2.58. The lowest BCUT2D eigenvalue weighted by Crippen LogP contribution is -2.47. The number of phenolic OH excluding ortho intramolecular Hbond substituents is 1. The number of phenols is 1. The molecule has 7 rings (SSSR count). The Balaban J connectivity index is 1.22. The lowest BCUT2D eigenvalue weighted by Gasteiger charge is -2.42. The normalized spacial score (nSPS) is 26.8. The van der Waals surface area contributed by atoms with Gasteiger partial charge < -0.3 is 14.6 Å². The number of carbonyl (C=O) groups excluding carboxylic acids is 4. The number of Topliss-reactive ketones (excluding diaryl/α,β-unsaturated/α-hetero) is 1. The van der Waals surface area contributed by atoms with E-state index in [0.29, 0.717) is 53.0 Å². The number of hydrogen-bond acceptors (Lipinski definition) is 8. The zero-order valence-electron chi connectivity index (χ0n) is 26.3. The van der Waals surface area contributed by atoms with Crippen LogP contribution in [0, 0.1) is 17.8 Å². The lowest BCUT2D eigenvalue weighted by molar-refractivity contribution is -0.144. The molecule has 5 aliphatic rings. The summed E-state index contributed by atoms with van der Waals surface area (Å²) in [6.07, 6.45) is 5.28. The standard InChI is InChI=1S/C37H38N2O7/c1-20-15-28(40)27-18-26-24(32(33(27)35(20)42)34-29(41)16-23(45-2)17-30(34)46-3)9-10-25-31(26)37(44)39(36(25)43)22-11-13-38(14-12-22)19-21-7-5-4-6-8-21/h4-9,15-17,22,25-26,31-32,41H,10-14,18-19H2,1-3H3/t25-,26+,31-,32-/m0/s1. The van der Waals surface area contributed by atoms with Gasteiger partial charge in [-0.25, -0.2) is 0 Å². The van der Waals surface area contributed by atoms with Crippen LogP contribution in [0.15, 0.2) is 76.9 Å². The summed E-state index contributed by atoms with van der Waals surface area (Å²) < 4.78 is 11.1. The van der Waals surface area contributed by atoms with E-state index in [4.69, 9.17) is 9.47 Å². The lowest BCUT2D eigenvalue weighted by atomic mass is 9.59. The molecule has 0 saturated carbocycles. The van der Waals surface area contributed by atoms with Crippen molar-refractivity contribution in [1.29, 1.82) is 0 Å². The van der Waals surface area contributed by atoms with Gasteiger partial charge in [0, 0.05) is 66.0 Å². The fourth-order valence-corrected chi connectivity index (χ4v) is 8.42. The van der Waals surface area contributed by atoms with Gasteiger partial charge in [0.1, 0.15) is 17.2 Å². The van der Waals surface area contributed by atoms with E-state index >= 15 is 0 Å². The number of rotatable bonds is 6. The molecule has 2 aromatic carbocycles. The van der Waals surface area contributed by atoms with Crippen LogP contribution in [0.2, 0.25) is 0 Å². The number of methoxy groups -OCH3 is 2. The molecule has 1 N–H and O–H groups in total. The SMILES string of the molecule is COc1cc(O)c([C@H]2C3=CC[C@@H]4C(=O)N(C5CCN(Cc6ccccc6)CC5)C(=O)[C@@H]4[C@@H]3CC3=C2C(=O)C(C)=CC3=O)c(OC)c1. The number of amides is 2. The van der Waals surface area contributed by atoms with Crippen LogP contribution in [0.5, 0.6) is 17.2 Å². The first-order chi connectivity index (χ1) is 22.2. The Morgan fingerprint density at radius 2 is 1.67 bits per heavy atom. The maximum absolute atomic E-state index is 14.3. The Morgan fingerprint density at radius 1 is 0.935 bits per heavy atom. The van der Waals surface area contributed by atoms with Gasteiger partial charge in [-0.05, 0) is 50.2 Å². The molecule has 3 aliphatic carbocycles. The quantitative estimate of drug-likeness (QED) is 0.285. The third-order valence-corrected chi connectivity index (χ3v) is 10.6. The minimum Gasteiger partial charge on any atom is -0.507 e. The predicted octanol–water partition coefficient (Wildman–Crippen LogP) is 4.50. The van der Waals surface area contributed by atoms with Crippen molar-refractivity contribution in [2.45, 2.75) is 51.1 Å². The second kappa shape index (κ2) is 11.7. The number of nitrogens with zero attached hydrogens (tertiary/aromatic N) is 2. The number of ether oxygens (including phenoxy) is 2. The zero-order chi connectivity index (χ0) is 32.3. The van der Waals surface area contributed by atoms with E-state index in [2.05, 4.69) is 17.0 Å². The summed E-state index contributed by atoms with van der Waals surface area (Å²) in [4.78, 5) is 59.4. The molecule has 9 heteroatoms. The topological polar surface area (TPSA) is 113 Å². The maximum Gasteiger partial charge on any atom is 0.233 e. The van der Waals surface area contributed by atoms with E-state index in [1.807, 2.05) is 24.3 Å². The van der Waals surface area contributed by atoms with Crippen molar-refractivity contribution in [1.82, 2.24) is 9.80 Å². The Bertz CT molecular complexity index is 1730. The predicted molar refractivity (Wildman–Crippen MR) is 169 cm³/mol. The largest absolute Gasteiger partial charge is 0.507 e. The van der Waals surface area contributed by atoms with Crippen LogP contribution in [0.4, 0.5) is 0 Å². The summed E-state index contributed by atoms with van der Waals surface area (Å²) in [5, 5.41) is 11.3. The molecule has 238 valence electrons. The third-order valence-electron chi connectivity index (χ3n) is 10.6. The van der Waals surface area contributed by atoms with Gasteiger partial charge in [0.25, 0.3) is 0 Å². The molecule has 2 saturated heterocycles. The Morgan fingerprint density at radius 3 is 2.37 bits per heavy atom. The molecule has 2 aliphatic heterocycles. The number of aromatic hydroxyl groups is 1. The molecular weight excluding hydrogens is 584 g/mol. The highest BCUT2D eigenvalue weighted by atomic mass is 16.5. The Labute approximate surface area is 268 Å². The number of fused-ring (bicyclic) bond motifs is 3. The highest BCUT2D eigenvalue weighted by molar-refractivity contribution is 6.24. The first kappa shape index (κ1) is 30.2. The number of piperidine rings is 1. The van der Waals surface area contributed by atoms with E-state index in [1.54, 1.807) is 13.0 Å². The molecule has 2 heterocycles. The number of hydrogen-bond donors (Lipinski definition) is 1. The minimum atomic E-state index is -0.811. The smallest absolute Gasteiger partial charge is 0.233 e. The van der Waals surface area contributed by atoms with Crippen LogP contribution < -0.4 is 9.47 Å². The van der Waals surface area contributed by atoms with Crippen molar-refractivity contribution in [3.63, 3.8) is 0 Å². The van der Waals surface area contributed by atoms with Crippen LogP contribution in [-0.2, 0) is 25.7 Å². The number of likely N-dealkylation sites (tertiary alicyclic amines) is 2. The second-order valence-corrected chi connectivity index (χ2v) is 13.0. The fourth-order valence-electron chi connectivity index (χ4n) is 8.42. The molecular formula is C37H38N2O7. The van der Waals surface area contributed by atoms with Gasteiger partial charge >= 0.3 is 0 Å². The van der Waals surface area contributed by atoms with E-state index in [1.165, 1.54) is 36.8 Å². The van der Waals surface area contributed by atoms with Gasteiger partial charge in [0.2, 0.25) is 11.8 Å². The fraction of sp³-hybridized carbons (Fsp3) is 0.405. The van der Waals surface area contributed by atoms with Gasteiger partial charge in [-0.15, -0.1) is 0 Å². The Kier molecular flexibility index (Phi) is 7.67. The van der Waals surface area contributed by atoms with Gasteiger partial charge in [-0.1, -0.05) is 42.0 Å². The summed E-state index contributed by atoms with van der Waals surface area (Å²) in [6, 6.07) is 13.2. The van der Waals surface area contributed by atoms with Gasteiger partial charge in [-0.2, -0.15) is 0 Å². The molecule has 0 aromatic heterocycles. The van der Waals surface area contributed by atoms with Crippen molar-refractivity contribution in [2.24, 2.45) is 17.8 Å². The van der Waals surface area contributed by atoms with Crippen molar-refractivity contribution in [3.8, 4) is 17.2 Å². The number of ketones is 2. The van der Waals surface area contributed by atoms with Crippen LogP contribution in [-0.4, -0.2) is 71.6 Å². The Hall–Kier alpha value is -4.50. The molecule has 0 spiro atoms. The first-order valence-corrected chi connectivity index (χ1v) is 16.0. The zero-order valence-corrected chi connectivity index (χ0v) is 26.3. The number of allylic oxidation sites excluding steroid dienone is 6. The van der Waals surface area contributed by atoms with Crippen molar-refractivity contribution < 1.29 is 33.8 Å². The van der Waals surface area contributed by atoms with E-state index in [9.17, 15) is 24.3 Å². The highest BCUT2D eigenvalue weighted by Gasteiger charge is 2.58. The number of imide groups is 1. The molecule has 46 heavy (non-hydrogen) atoms. The molecule has 0 unspecified atom stereocenters. The maximum atomic E-state index is 14.3. The second-order valence-electron chi connectivity index (χ2n) is 13.0. The van der Waals surface area contributed by atoms with E-state index in [-0.39, 0.29) is 41.6 Å². The van der Waals surface area contributed by atoms with Gasteiger partial charge in [0.15, 0.2) is 11.6 Å². The average molecular weight is 623 g/mol. The van der Waals surface area contributed by atoms with Crippen molar-refractivity contribution in [3.05, 3.63) is 88.0 Å². The number of carbonyl (C=O) groups is 4. The minimum absolute atomic E-state index is 0.137. The molecule has 2 amide bonds. The molecule has 9 nitrogen and oxygen atoms in total. The van der Waals surface area contributed by atoms with Crippen LogP contribution >= 0.6 is 0 Å². The molecule has 2 fully saturated rings. The molecule has 2 aromatic rings. The number of benzene rings is 2. The summed E-state index contributed by atoms with van der Waals surface area (Å²) >= 11 is 0. The van der Waals surface area contributed by atoms with E-state index in [0.717, 1.165) is 25.2 Å². The monoisotopic (exact) mass is 622 g/mol. The molecule has 4 atom stereocenters. The van der Waals surface area contributed by atoms with Crippen molar-refractivity contribution in [2.75, 3.05) is 27.3 Å².